The Morgan fingerprint density at radius 3 is 2.52 bits per heavy atom. The van der Waals surface area contributed by atoms with Crippen LogP contribution in [0.1, 0.15) is 85.4 Å². The van der Waals surface area contributed by atoms with Gasteiger partial charge >= 0.3 is 7.12 Å². The van der Waals surface area contributed by atoms with Gasteiger partial charge in [-0.05, 0) is 80.7 Å². The van der Waals surface area contributed by atoms with Gasteiger partial charge in [0.05, 0.1) is 35.5 Å². The molecule has 1 unspecified atom stereocenters. The molecule has 2 heterocycles. The molecular weight excluding hydrogens is 565 g/mol. The molecule has 1 amide bonds. The van der Waals surface area contributed by atoms with Crippen molar-refractivity contribution in [2.24, 2.45) is 17.3 Å². The molecule has 226 valence electrons. The minimum absolute atomic E-state index is 0.0250. The molecule has 4 fully saturated rings. The molecule has 4 aliphatic rings. The smallest absolute Gasteiger partial charge is 0.404 e. The second-order valence-electron chi connectivity index (χ2n) is 14.2. The Balaban J connectivity index is 1.52. The topological polar surface area (TPSA) is 73.9 Å². The van der Waals surface area contributed by atoms with E-state index in [1.807, 2.05) is 17.5 Å². The predicted octanol–water partition coefficient (Wildman–Crippen LogP) is 6.57. The first kappa shape index (κ1) is 32.3. The number of carbonyl (C=O) groups excluding carboxylic acids is 2. The fourth-order valence-corrected chi connectivity index (χ4v) is 8.52. The number of hydrogen-bond acceptors (Lipinski definition) is 6. The number of hydrogen-bond donors (Lipinski definition) is 1. The lowest BCUT2D eigenvalue weighted by Gasteiger charge is -2.64. The Hall–Kier alpha value is -0.575. The van der Waals surface area contributed by atoms with Crippen molar-refractivity contribution in [1.29, 1.82) is 0 Å². The predicted molar refractivity (Wildman–Crippen MR) is 168 cm³/mol. The van der Waals surface area contributed by atoms with Gasteiger partial charge in [0.25, 0.3) is 0 Å². The summed E-state index contributed by atoms with van der Waals surface area (Å²) in [6.45, 7) is 15.1. The normalized spacial score (nSPS) is 30.1. The summed E-state index contributed by atoms with van der Waals surface area (Å²) in [6.07, 6.45) is 7.92. The highest BCUT2D eigenvalue weighted by Crippen LogP contribution is 2.65. The maximum absolute atomic E-state index is 13.2. The molecule has 1 N–H and O–H groups in total. The summed E-state index contributed by atoms with van der Waals surface area (Å²) in [5.41, 5.74) is -0.127. The molecule has 5 rings (SSSR count). The van der Waals surface area contributed by atoms with Crippen LogP contribution in [0.4, 0.5) is 0 Å². The van der Waals surface area contributed by atoms with Gasteiger partial charge in [-0.1, -0.05) is 40.7 Å². The van der Waals surface area contributed by atoms with Crippen LogP contribution in [0.3, 0.4) is 0 Å². The second-order valence-corrected chi connectivity index (χ2v) is 19.8. The Bertz CT molecular complexity index is 1060. The van der Waals surface area contributed by atoms with Gasteiger partial charge in [-0.25, -0.2) is 0 Å². The van der Waals surface area contributed by atoms with Crippen molar-refractivity contribution in [3.63, 3.8) is 0 Å². The number of ketones is 1. The van der Waals surface area contributed by atoms with Crippen LogP contribution < -0.4 is 5.32 Å². The Morgan fingerprint density at radius 2 is 1.95 bits per heavy atom. The van der Waals surface area contributed by atoms with Crippen LogP contribution >= 0.6 is 33.2 Å². The number of alkyl halides is 1. The van der Waals surface area contributed by atoms with Crippen LogP contribution in [-0.2, 0) is 29.5 Å². The molecule has 10 heteroatoms. The zero-order valence-electron chi connectivity index (χ0n) is 25.8. The summed E-state index contributed by atoms with van der Waals surface area (Å²) in [7, 11) is -2.02. The van der Waals surface area contributed by atoms with Crippen molar-refractivity contribution in [2.45, 2.75) is 121 Å². The fraction of sp³-hybridized carbons (Fsp3) is 0.800. The Kier molecular flexibility index (Phi) is 9.57. The molecule has 3 aliphatic carbocycles. The van der Waals surface area contributed by atoms with Gasteiger partial charge in [-0.15, -0.1) is 33.2 Å². The third kappa shape index (κ3) is 6.65. The van der Waals surface area contributed by atoms with Crippen LogP contribution in [0.2, 0.25) is 0 Å². The van der Waals surface area contributed by atoms with Crippen LogP contribution in [0.15, 0.2) is 17.5 Å². The molecule has 6 nitrogen and oxygen atoms in total. The molecule has 1 aromatic rings. The molecule has 1 aliphatic heterocycles. The highest BCUT2D eigenvalue weighted by molar-refractivity contribution is 8.29. The Morgan fingerprint density at radius 1 is 1.25 bits per heavy atom. The van der Waals surface area contributed by atoms with Crippen LogP contribution in [0.25, 0.3) is 0 Å². The van der Waals surface area contributed by atoms with E-state index in [-0.39, 0.29) is 52.0 Å². The van der Waals surface area contributed by atoms with Gasteiger partial charge in [0.2, 0.25) is 5.91 Å². The number of halogens is 1. The van der Waals surface area contributed by atoms with Gasteiger partial charge in [-0.3, -0.25) is 9.59 Å². The quantitative estimate of drug-likeness (QED) is 0.213. The van der Waals surface area contributed by atoms with Gasteiger partial charge in [0.1, 0.15) is 0 Å². The van der Waals surface area contributed by atoms with Gasteiger partial charge in [0, 0.05) is 16.0 Å². The first-order valence-electron chi connectivity index (χ1n) is 14.7. The molecule has 0 spiro atoms. The van der Waals surface area contributed by atoms with E-state index < -0.39 is 22.8 Å². The SMILES string of the molecule is CC(Cl)C(=O)C[C@H](CC[C@H](NC(=O)Cc1cccs1)B1O[C@@H]2C[C@@H]3C[C@@H](C3(C)C)[C@]2(C)O1)OS(C)(C)C(C)(C)C. The van der Waals surface area contributed by atoms with Gasteiger partial charge in [0.15, 0.2) is 5.78 Å². The number of rotatable bonds is 12. The summed E-state index contributed by atoms with van der Waals surface area (Å²) < 4.78 is 20.0. The number of Topliss-reactive ketones (excluding diaryl/α,β-unsaturated/α-hetero) is 1. The molecule has 0 aromatic carbocycles. The monoisotopic (exact) mass is 613 g/mol. The van der Waals surface area contributed by atoms with Gasteiger partial charge < -0.3 is 18.8 Å². The highest BCUT2D eigenvalue weighted by atomic mass is 35.5. The Labute approximate surface area is 252 Å². The minimum atomic E-state index is -1.48. The largest absolute Gasteiger partial charge is 0.481 e. The standard InChI is InChI=1S/C30H49BClNO5S2/c1-19(32)23(34)17-21(37-40(8,9)28(2,3)4)12-13-26(33-27(35)18-22-11-10-14-39-22)31-36-25-16-20-15-24(29(20,5)6)30(25,7)38-31/h10-11,14,19-21,24-26H,12-13,15-18H2,1-9H3,(H,33,35)/t19?,20-,21-,24-,25+,26-,30-/m0/s1. The zero-order chi connectivity index (χ0) is 29.7. The van der Waals surface area contributed by atoms with E-state index in [9.17, 15) is 9.59 Å². The van der Waals surface area contributed by atoms with E-state index in [0.29, 0.717) is 31.1 Å². The molecular formula is C30H49BClNO5S2. The van der Waals surface area contributed by atoms with Crippen molar-refractivity contribution in [3.05, 3.63) is 22.4 Å². The average molecular weight is 614 g/mol. The third-order valence-electron chi connectivity index (χ3n) is 10.1. The summed E-state index contributed by atoms with van der Waals surface area (Å²) >= 11 is 7.75. The lowest BCUT2D eigenvalue weighted by Crippen LogP contribution is -2.65. The second kappa shape index (κ2) is 11.8. The molecule has 1 aromatic heterocycles. The van der Waals surface area contributed by atoms with Crippen molar-refractivity contribution in [2.75, 3.05) is 12.5 Å². The van der Waals surface area contributed by atoms with Crippen LogP contribution in [0, 0.1) is 17.3 Å². The molecule has 40 heavy (non-hydrogen) atoms. The highest BCUT2D eigenvalue weighted by Gasteiger charge is 2.68. The molecule has 1 saturated heterocycles. The first-order valence-corrected chi connectivity index (χ1v) is 18.4. The van der Waals surface area contributed by atoms with E-state index in [1.54, 1.807) is 18.3 Å². The number of amides is 1. The van der Waals surface area contributed by atoms with Gasteiger partial charge in [-0.2, -0.15) is 0 Å². The summed E-state index contributed by atoms with van der Waals surface area (Å²) in [6, 6.07) is 3.94. The molecule has 7 atom stereocenters. The van der Waals surface area contributed by atoms with E-state index in [1.165, 1.54) is 6.42 Å². The van der Waals surface area contributed by atoms with Crippen LogP contribution in [0.5, 0.6) is 0 Å². The zero-order valence-corrected chi connectivity index (χ0v) is 28.1. The fourth-order valence-electron chi connectivity index (χ4n) is 6.60. The number of carbonyl (C=O) groups is 2. The lowest BCUT2D eigenvalue weighted by atomic mass is 9.43. The third-order valence-corrected chi connectivity index (χ3v) is 14.9. The average Bonchev–Trinajstić information content (AvgIpc) is 3.46. The van der Waals surface area contributed by atoms with E-state index in [4.69, 9.17) is 25.1 Å². The minimum Gasteiger partial charge on any atom is -0.404 e. The lowest BCUT2D eigenvalue weighted by molar-refractivity contribution is -0.199. The molecule has 2 bridgehead atoms. The number of nitrogens with one attached hydrogen (secondary N) is 1. The van der Waals surface area contributed by atoms with Crippen molar-refractivity contribution >= 4 is 52.1 Å². The maximum atomic E-state index is 13.2. The van der Waals surface area contributed by atoms with Crippen molar-refractivity contribution < 1.29 is 23.1 Å². The van der Waals surface area contributed by atoms with E-state index >= 15 is 0 Å². The van der Waals surface area contributed by atoms with Crippen molar-refractivity contribution in [3.8, 4) is 0 Å². The summed E-state index contributed by atoms with van der Waals surface area (Å²) in [4.78, 5) is 27.0. The van der Waals surface area contributed by atoms with Crippen molar-refractivity contribution in [1.82, 2.24) is 5.32 Å². The van der Waals surface area contributed by atoms with E-state index in [2.05, 4.69) is 59.4 Å². The molecule has 3 saturated carbocycles. The summed E-state index contributed by atoms with van der Waals surface area (Å²) in [5.74, 6) is 0.661. The maximum Gasteiger partial charge on any atom is 0.481 e. The van der Waals surface area contributed by atoms with E-state index in [0.717, 1.165) is 11.3 Å². The number of thiophene rings is 1. The van der Waals surface area contributed by atoms with Crippen LogP contribution in [-0.4, -0.2) is 65.2 Å². The first-order chi connectivity index (χ1) is 18.4. The summed E-state index contributed by atoms with van der Waals surface area (Å²) in [5, 5.41) is 4.67. The molecule has 0 radical (unpaired) electrons.